The number of guanidine groups is 1. The molecule has 7 heteroatoms. The zero-order valence-electron chi connectivity index (χ0n) is 14.4. The summed E-state index contributed by atoms with van der Waals surface area (Å²) in [5, 5.41) is 2.94. The second-order valence-electron chi connectivity index (χ2n) is 6.28. The number of aromatic nitrogens is 2. The highest BCUT2D eigenvalue weighted by Crippen LogP contribution is 2.27. The van der Waals surface area contributed by atoms with Gasteiger partial charge in [0.15, 0.2) is 0 Å². The zero-order valence-corrected chi connectivity index (χ0v) is 14.4. The molecule has 1 aromatic heterocycles. The molecule has 1 amide bonds. The maximum atomic E-state index is 12.7. The molecule has 0 saturated carbocycles. The van der Waals surface area contributed by atoms with Crippen molar-refractivity contribution < 1.29 is 4.79 Å². The van der Waals surface area contributed by atoms with Crippen LogP contribution in [0.4, 0.5) is 5.69 Å². The molecule has 3 aromatic rings. The first-order valence-corrected chi connectivity index (χ1v) is 8.69. The van der Waals surface area contributed by atoms with E-state index >= 15 is 0 Å². The Morgan fingerprint density at radius 3 is 2.74 bits per heavy atom. The summed E-state index contributed by atoms with van der Waals surface area (Å²) in [6.45, 7) is 1.40. The maximum Gasteiger partial charge on any atom is 0.257 e. The molecule has 3 heterocycles. The molecule has 0 radical (unpaired) electrons. The van der Waals surface area contributed by atoms with E-state index in [1.807, 2.05) is 52.1 Å². The highest BCUT2D eigenvalue weighted by atomic mass is 16.1. The van der Waals surface area contributed by atoms with Crippen molar-refractivity contribution in [2.24, 2.45) is 9.98 Å². The number of nitrogens with one attached hydrogen (secondary N) is 1. The Hall–Kier alpha value is -3.74. The van der Waals surface area contributed by atoms with Gasteiger partial charge in [-0.3, -0.25) is 20.0 Å². The van der Waals surface area contributed by atoms with Crippen LogP contribution >= 0.6 is 0 Å². The predicted molar refractivity (Wildman–Crippen MR) is 103 cm³/mol. The molecule has 0 fully saturated rings. The first-order valence-electron chi connectivity index (χ1n) is 8.69. The average Bonchev–Trinajstić information content (AvgIpc) is 3.40. The second-order valence-corrected chi connectivity index (χ2v) is 6.28. The number of benzene rings is 2. The van der Waals surface area contributed by atoms with Gasteiger partial charge in [-0.1, -0.05) is 12.1 Å². The van der Waals surface area contributed by atoms with Gasteiger partial charge in [0, 0.05) is 35.8 Å². The Morgan fingerprint density at radius 1 is 1.07 bits per heavy atom. The highest BCUT2D eigenvalue weighted by molar-refractivity contribution is 6.19. The standard InChI is InChI=1S/C20H16N6O/c27-19(14-5-7-15(8-6-14)25-11-9-21-13-25)24-20-23-17-4-2-1-3-16(17)18-22-10-12-26(18)20/h1-9,11,13H,10,12H2,(H,23,24,27). The molecule has 5 rings (SSSR count). The molecule has 7 nitrogen and oxygen atoms in total. The van der Waals surface area contributed by atoms with Crippen LogP contribution in [0.5, 0.6) is 0 Å². The monoisotopic (exact) mass is 356 g/mol. The minimum atomic E-state index is -0.198. The summed E-state index contributed by atoms with van der Waals surface area (Å²) >= 11 is 0. The number of hydrogen-bond acceptors (Lipinski definition) is 5. The van der Waals surface area contributed by atoms with Crippen molar-refractivity contribution in [3.05, 3.63) is 78.4 Å². The minimum absolute atomic E-state index is 0.198. The van der Waals surface area contributed by atoms with E-state index in [2.05, 4.69) is 20.3 Å². The molecule has 27 heavy (non-hydrogen) atoms. The van der Waals surface area contributed by atoms with Crippen molar-refractivity contribution >= 4 is 23.4 Å². The summed E-state index contributed by atoms with van der Waals surface area (Å²) in [6, 6.07) is 15.2. The van der Waals surface area contributed by atoms with Crippen LogP contribution in [0.15, 0.2) is 77.2 Å². The van der Waals surface area contributed by atoms with Gasteiger partial charge in [0.1, 0.15) is 5.84 Å². The Kier molecular flexibility index (Phi) is 3.57. The molecule has 1 N–H and O–H groups in total. The SMILES string of the molecule is O=C(NC1=Nc2ccccc2C2=NCCN12)c1ccc(-n2ccnc2)cc1. The van der Waals surface area contributed by atoms with E-state index in [1.54, 1.807) is 24.7 Å². The molecule has 0 saturated heterocycles. The fraction of sp³-hybridized carbons (Fsp3) is 0.100. The van der Waals surface area contributed by atoms with Gasteiger partial charge < -0.3 is 4.57 Å². The topological polar surface area (TPSA) is 74.9 Å². The average molecular weight is 356 g/mol. The molecule has 132 valence electrons. The maximum absolute atomic E-state index is 12.7. The number of carbonyl (C=O) groups excluding carboxylic acids is 1. The Morgan fingerprint density at radius 2 is 1.93 bits per heavy atom. The largest absolute Gasteiger partial charge is 0.306 e. The van der Waals surface area contributed by atoms with E-state index in [9.17, 15) is 4.79 Å². The molecule has 2 aromatic carbocycles. The normalized spacial score (nSPS) is 14.9. The number of aliphatic imine (C=N–C) groups is 2. The Balaban J connectivity index is 1.41. The van der Waals surface area contributed by atoms with Gasteiger partial charge in [-0.2, -0.15) is 0 Å². The van der Waals surface area contributed by atoms with Crippen molar-refractivity contribution in [3.63, 3.8) is 0 Å². The van der Waals surface area contributed by atoms with Gasteiger partial charge in [0.2, 0.25) is 5.96 Å². The van der Waals surface area contributed by atoms with E-state index in [1.165, 1.54) is 0 Å². The minimum Gasteiger partial charge on any atom is -0.306 e. The van der Waals surface area contributed by atoms with Crippen LogP contribution in [0, 0.1) is 0 Å². The van der Waals surface area contributed by atoms with Crippen LogP contribution in [0.2, 0.25) is 0 Å². The lowest BCUT2D eigenvalue weighted by Gasteiger charge is -2.27. The third-order valence-corrected chi connectivity index (χ3v) is 4.63. The van der Waals surface area contributed by atoms with Crippen LogP contribution in [-0.2, 0) is 0 Å². The van der Waals surface area contributed by atoms with Gasteiger partial charge >= 0.3 is 0 Å². The summed E-state index contributed by atoms with van der Waals surface area (Å²) in [5.74, 6) is 1.19. The summed E-state index contributed by atoms with van der Waals surface area (Å²) in [4.78, 5) is 27.9. The number of imidazole rings is 1. The molecular formula is C20H16N6O. The summed E-state index contributed by atoms with van der Waals surface area (Å²) in [6.07, 6.45) is 5.30. The lowest BCUT2D eigenvalue weighted by molar-refractivity contribution is 0.0974. The van der Waals surface area contributed by atoms with Crippen LogP contribution in [-0.4, -0.2) is 45.2 Å². The smallest absolute Gasteiger partial charge is 0.257 e. The first kappa shape index (κ1) is 15.5. The van der Waals surface area contributed by atoms with Crippen molar-refractivity contribution in [1.29, 1.82) is 0 Å². The van der Waals surface area contributed by atoms with Crippen LogP contribution < -0.4 is 5.32 Å². The highest BCUT2D eigenvalue weighted by Gasteiger charge is 2.30. The number of amidine groups is 1. The van der Waals surface area contributed by atoms with Gasteiger partial charge in [-0.15, -0.1) is 0 Å². The van der Waals surface area contributed by atoms with Crippen molar-refractivity contribution in [2.45, 2.75) is 0 Å². The number of para-hydroxylation sites is 1. The third-order valence-electron chi connectivity index (χ3n) is 4.63. The van der Waals surface area contributed by atoms with Crippen LogP contribution in [0.3, 0.4) is 0 Å². The number of amides is 1. The van der Waals surface area contributed by atoms with Crippen LogP contribution in [0.25, 0.3) is 5.69 Å². The Labute approximate surface area is 155 Å². The van der Waals surface area contributed by atoms with Gasteiger partial charge in [0.25, 0.3) is 5.91 Å². The van der Waals surface area contributed by atoms with Gasteiger partial charge in [0.05, 0.1) is 18.6 Å². The molecule has 0 unspecified atom stereocenters. The molecule has 0 spiro atoms. The first-order chi connectivity index (χ1) is 13.3. The van der Waals surface area contributed by atoms with Crippen LogP contribution in [0.1, 0.15) is 15.9 Å². The summed E-state index contributed by atoms with van der Waals surface area (Å²) in [5.41, 5.74) is 3.33. The quantitative estimate of drug-likeness (QED) is 0.766. The molecule has 0 atom stereocenters. The van der Waals surface area contributed by atoms with Crippen molar-refractivity contribution in [1.82, 2.24) is 19.8 Å². The van der Waals surface area contributed by atoms with E-state index < -0.39 is 0 Å². The molecular weight excluding hydrogens is 340 g/mol. The number of nitrogens with zero attached hydrogens (tertiary/aromatic N) is 5. The molecule has 0 aliphatic carbocycles. The van der Waals surface area contributed by atoms with E-state index in [4.69, 9.17) is 0 Å². The summed E-state index contributed by atoms with van der Waals surface area (Å²) < 4.78 is 1.89. The third kappa shape index (κ3) is 2.69. The number of carbonyl (C=O) groups is 1. The fourth-order valence-electron chi connectivity index (χ4n) is 3.28. The lowest BCUT2D eigenvalue weighted by Crippen LogP contribution is -2.47. The van der Waals surface area contributed by atoms with Gasteiger partial charge in [-0.05, 0) is 36.4 Å². The lowest BCUT2D eigenvalue weighted by atomic mass is 10.1. The zero-order chi connectivity index (χ0) is 18.2. The van der Waals surface area contributed by atoms with E-state index in [0.29, 0.717) is 24.6 Å². The second kappa shape index (κ2) is 6.21. The molecule has 2 aliphatic heterocycles. The van der Waals surface area contributed by atoms with Crippen molar-refractivity contribution in [2.75, 3.05) is 13.1 Å². The fourth-order valence-corrected chi connectivity index (χ4v) is 3.28. The number of hydrogen-bond donors (Lipinski definition) is 1. The summed E-state index contributed by atoms with van der Waals surface area (Å²) in [7, 11) is 0. The van der Waals surface area contributed by atoms with Crippen molar-refractivity contribution in [3.8, 4) is 5.69 Å². The van der Waals surface area contributed by atoms with Gasteiger partial charge in [-0.25, -0.2) is 9.98 Å². The number of fused-ring (bicyclic) bond motifs is 3. The van der Waals surface area contributed by atoms with E-state index in [-0.39, 0.29) is 5.91 Å². The molecule has 2 aliphatic rings. The molecule has 0 bridgehead atoms. The predicted octanol–water partition coefficient (Wildman–Crippen LogP) is 2.37. The Bertz CT molecular complexity index is 1070. The number of rotatable bonds is 2. The van der Waals surface area contributed by atoms with E-state index in [0.717, 1.165) is 22.8 Å².